The Labute approximate surface area is 100 Å². The summed E-state index contributed by atoms with van der Waals surface area (Å²) in [6.45, 7) is 6.50. The fourth-order valence-electron chi connectivity index (χ4n) is 1.43. The van der Waals surface area contributed by atoms with Gasteiger partial charge >= 0.3 is 6.09 Å². The Kier molecular flexibility index (Phi) is 4.19. The van der Waals surface area contributed by atoms with Crippen molar-refractivity contribution in [3.8, 4) is 0 Å². The third-order valence-corrected chi connectivity index (χ3v) is 2.26. The van der Waals surface area contributed by atoms with Gasteiger partial charge in [-0.3, -0.25) is 0 Å². The molecule has 0 saturated heterocycles. The standard InChI is InChI=1S/C10H19N5O2/c1-6(2)15-9(8(11)7(3)14-15)13-4-5-17-10(12)16/h6,13H,4-5,11H2,1-3H3,(H2,12,16). The van der Waals surface area contributed by atoms with Crippen LogP contribution in [0.3, 0.4) is 0 Å². The highest BCUT2D eigenvalue weighted by molar-refractivity contribution is 5.65. The monoisotopic (exact) mass is 241 g/mol. The van der Waals surface area contributed by atoms with Gasteiger partial charge in [-0.15, -0.1) is 0 Å². The molecule has 1 heterocycles. The zero-order chi connectivity index (χ0) is 13.0. The number of anilines is 2. The van der Waals surface area contributed by atoms with Crippen molar-refractivity contribution in [3.05, 3.63) is 5.69 Å². The van der Waals surface area contributed by atoms with Gasteiger partial charge in [-0.2, -0.15) is 5.10 Å². The molecule has 1 aromatic rings. The Bertz CT molecular complexity index is 400. The summed E-state index contributed by atoms with van der Waals surface area (Å²) < 4.78 is 6.42. The van der Waals surface area contributed by atoms with Gasteiger partial charge in [0.2, 0.25) is 0 Å². The second kappa shape index (κ2) is 5.42. The van der Waals surface area contributed by atoms with Crippen LogP contribution in [0.2, 0.25) is 0 Å². The first-order valence-corrected chi connectivity index (χ1v) is 5.44. The van der Waals surface area contributed by atoms with E-state index in [2.05, 4.69) is 15.2 Å². The molecule has 0 aliphatic rings. The number of aromatic nitrogens is 2. The van der Waals surface area contributed by atoms with Crippen LogP contribution in [0.15, 0.2) is 0 Å². The molecule has 1 aromatic heterocycles. The number of nitrogens with one attached hydrogen (secondary N) is 1. The summed E-state index contributed by atoms with van der Waals surface area (Å²) in [7, 11) is 0. The number of amides is 1. The van der Waals surface area contributed by atoms with Crippen LogP contribution in [0.5, 0.6) is 0 Å². The van der Waals surface area contributed by atoms with E-state index in [0.29, 0.717) is 12.2 Å². The second-order valence-electron chi connectivity index (χ2n) is 3.98. The number of carbonyl (C=O) groups is 1. The number of hydrogen-bond acceptors (Lipinski definition) is 5. The summed E-state index contributed by atoms with van der Waals surface area (Å²) in [6, 6.07) is 0.200. The average molecular weight is 241 g/mol. The minimum Gasteiger partial charge on any atom is -0.448 e. The van der Waals surface area contributed by atoms with Crippen molar-refractivity contribution in [3.63, 3.8) is 0 Å². The fourth-order valence-corrected chi connectivity index (χ4v) is 1.43. The summed E-state index contributed by atoms with van der Waals surface area (Å²) in [4.78, 5) is 10.4. The summed E-state index contributed by atoms with van der Waals surface area (Å²) in [5.41, 5.74) is 12.1. The lowest BCUT2D eigenvalue weighted by Gasteiger charge is -2.13. The van der Waals surface area contributed by atoms with Gasteiger partial charge in [0.15, 0.2) is 0 Å². The number of nitrogen functional groups attached to an aromatic ring is 1. The van der Waals surface area contributed by atoms with Crippen molar-refractivity contribution in [1.29, 1.82) is 0 Å². The van der Waals surface area contributed by atoms with Crippen molar-refractivity contribution in [1.82, 2.24) is 9.78 Å². The molecule has 17 heavy (non-hydrogen) atoms. The zero-order valence-corrected chi connectivity index (χ0v) is 10.4. The molecule has 0 saturated carbocycles. The first kappa shape index (κ1) is 13.1. The van der Waals surface area contributed by atoms with E-state index in [9.17, 15) is 4.79 Å². The van der Waals surface area contributed by atoms with Crippen LogP contribution in [0.4, 0.5) is 16.3 Å². The number of ether oxygens (including phenoxy) is 1. The Morgan fingerprint density at radius 3 is 2.76 bits per heavy atom. The van der Waals surface area contributed by atoms with Gasteiger partial charge in [0.05, 0.1) is 17.9 Å². The normalized spacial score (nSPS) is 10.6. The van der Waals surface area contributed by atoms with Gasteiger partial charge in [0.1, 0.15) is 12.4 Å². The van der Waals surface area contributed by atoms with E-state index >= 15 is 0 Å². The molecule has 1 amide bonds. The first-order valence-electron chi connectivity index (χ1n) is 5.44. The molecule has 0 aromatic carbocycles. The minimum atomic E-state index is -0.784. The molecule has 5 N–H and O–H groups in total. The minimum absolute atomic E-state index is 0.192. The molecule has 0 radical (unpaired) electrons. The van der Waals surface area contributed by atoms with E-state index in [0.717, 1.165) is 11.5 Å². The van der Waals surface area contributed by atoms with E-state index in [1.807, 2.05) is 20.8 Å². The second-order valence-corrected chi connectivity index (χ2v) is 3.98. The number of hydrogen-bond donors (Lipinski definition) is 3. The summed E-state index contributed by atoms with van der Waals surface area (Å²) >= 11 is 0. The maximum Gasteiger partial charge on any atom is 0.404 e. The lowest BCUT2D eigenvalue weighted by molar-refractivity contribution is 0.161. The Morgan fingerprint density at radius 1 is 1.59 bits per heavy atom. The maximum absolute atomic E-state index is 10.4. The molecule has 1 rings (SSSR count). The van der Waals surface area contributed by atoms with Crippen LogP contribution in [0, 0.1) is 6.92 Å². The number of carbonyl (C=O) groups excluding carboxylic acids is 1. The van der Waals surface area contributed by atoms with Crippen LogP contribution < -0.4 is 16.8 Å². The summed E-state index contributed by atoms with van der Waals surface area (Å²) in [5, 5.41) is 7.40. The molecule has 7 heteroatoms. The van der Waals surface area contributed by atoms with Crippen LogP contribution >= 0.6 is 0 Å². The Balaban J connectivity index is 2.66. The highest BCUT2D eigenvalue weighted by atomic mass is 16.5. The topological polar surface area (TPSA) is 108 Å². The predicted octanol–water partition coefficient (Wildman–Crippen LogP) is 0.862. The maximum atomic E-state index is 10.4. The summed E-state index contributed by atoms with van der Waals surface area (Å²) in [5.74, 6) is 0.741. The van der Waals surface area contributed by atoms with E-state index in [1.165, 1.54) is 0 Å². The molecule has 0 aliphatic heterocycles. The SMILES string of the molecule is Cc1nn(C(C)C)c(NCCOC(N)=O)c1N. The molecular weight excluding hydrogens is 222 g/mol. The molecule has 0 atom stereocenters. The van der Waals surface area contributed by atoms with Gasteiger partial charge in [0.25, 0.3) is 0 Å². The number of primary amides is 1. The largest absolute Gasteiger partial charge is 0.448 e. The molecular formula is C10H19N5O2. The number of rotatable bonds is 5. The number of nitrogens with two attached hydrogens (primary N) is 2. The van der Waals surface area contributed by atoms with Gasteiger partial charge in [-0.1, -0.05) is 0 Å². The quantitative estimate of drug-likeness (QED) is 0.662. The van der Waals surface area contributed by atoms with Crippen molar-refractivity contribution in [2.24, 2.45) is 5.73 Å². The van der Waals surface area contributed by atoms with E-state index in [-0.39, 0.29) is 12.6 Å². The van der Waals surface area contributed by atoms with Crippen molar-refractivity contribution >= 4 is 17.6 Å². The first-order chi connectivity index (χ1) is 7.93. The molecule has 96 valence electrons. The fraction of sp³-hybridized carbons (Fsp3) is 0.600. The molecule has 0 spiro atoms. The van der Waals surface area contributed by atoms with Crippen molar-refractivity contribution in [2.75, 3.05) is 24.2 Å². The van der Waals surface area contributed by atoms with Crippen molar-refractivity contribution < 1.29 is 9.53 Å². The van der Waals surface area contributed by atoms with Gasteiger partial charge < -0.3 is 21.5 Å². The highest BCUT2D eigenvalue weighted by Crippen LogP contribution is 2.24. The molecule has 0 fully saturated rings. The van der Waals surface area contributed by atoms with Gasteiger partial charge in [-0.05, 0) is 20.8 Å². The van der Waals surface area contributed by atoms with E-state index in [1.54, 1.807) is 4.68 Å². The van der Waals surface area contributed by atoms with Crippen LogP contribution in [0.25, 0.3) is 0 Å². The third-order valence-electron chi connectivity index (χ3n) is 2.26. The van der Waals surface area contributed by atoms with Crippen LogP contribution in [-0.2, 0) is 4.74 Å². The average Bonchev–Trinajstić information content (AvgIpc) is 2.51. The Morgan fingerprint density at radius 2 is 2.24 bits per heavy atom. The predicted molar refractivity (Wildman–Crippen MR) is 65.8 cm³/mol. The Hall–Kier alpha value is -1.92. The van der Waals surface area contributed by atoms with Crippen LogP contribution in [0.1, 0.15) is 25.6 Å². The van der Waals surface area contributed by atoms with Gasteiger partial charge in [0, 0.05) is 6.04 Å². The molecule has 7 nitrogen and oxygen atoms in total. The van der Waals surface area contributed by atoms with E-state index in [4.69, 9.17) is 11.5 Å². The third kappa shape index (κ3) is 3.27. The summed E-state index contributed by atoms with van der Waals surface area (Å²) in [6.07, 6.45) is -0.784. The molecule has 0 bridgehead atoms. The van der Waals surface area contributed by atoms with Crippen LogP contribution in [-0.4, -0.2) is 29.0 Å². The zero-order valence-electron chi connectivity index (χ0n) is 10.4. The lowest BCUT2D eigenvalue weighted by Crippen LogP contribution is -2.20. The number of nitrogens with zero attached hydrogens (tertiary/aromatic N) is 2. The smallest absolute Gasteiger partial charge is 0.404 e. The van der Waals surface area contributed by atoms with E-state index < -0.39 is 6.09 Å². The highest BCUT2D eigenvalue weighted by Gasteiger charge is 2.13. The number of aryl methyl sites for hydroxylation is 1. The molecule has 0 aliphatic carbocycles. The lowest BCUT2D eigenvalue weighted by atomic mass is 10.3. The van der Waals surface area contributed by atoms with Gasteiger partial charge in [-0.25, -0.2) is 9.48 Å². The molecule has 0 unspecified atom stereocenters. The van der Waals surface area contributed by atoms with Crippen molar-refractivity contribution in [2.45, 2.75) is 26.8 Å².